The maximum Gasteiger partial charge on any atom is 0.142 e. The lowest BCUT2D eigenvalue weighted by molar-refractivity contribution is 0.205. The van der Waals surface area contributed by atoms with Crippen molar-refractivity contribution in [2.24, 2.45) is 0 Å². The van der Waals surface area contributed by atoms with E-state index in [1.165, 1.54) is 12.3 Å². The van der Waals surface area contributed by atoms with Gasteiger partial charge in [0, 0.05) is 47.7 Å². The number of hydrogen-bond donors (Lipinski definition) is 2. The molecule has 5 rings (SSSR count). The first kappa shape index (κ1) is 27.6. The van der Waals surface area contributed by atoms with Crippen molar-refractivity contribution in [1.82, 2.24) is 10.3 Å². The van der Waals surface area contributed by atoms with Gasteiger partial charge in [0.1, 0.15) is 36.1 Å². The Kier molecular flexibility index (Phi) is 8.61. The van der Waals surface area contributed by atoms with E-state index in [-0.39, 0.29) is 31.2 Å². The molecule has 0 aliphatic heterocycles. The fraction of sp³-hybridized carbons (Fsp3) is 0.250. The Hall–Kier alpha value is -3.96. The van der Waals surface area contributed by atoms with Gasteiger partial charge in [0.2, 0.25) is 0 Å². The Morgan fingerprint density at radius 3 is 2.75 bits per heavy atom. The molecule has 1 aromatic heterocycles. The molecule has 0 saturated carbocycles. The Labute approximate surface area is 238 Å². The summed E-state index contributed by atoms with van der Waals surface area (Å²) < 4.78 is 27.2. The van der Waals surface area contributed by atoms with Crippen LogP contribution in [-0.4, -0.2) is 22.7 Å². The first-order valence-corrected chi connectivity index (χ1v) is 13.5. The summed E-state index contributed by atoms with van der Waals surface area (Å²) in [4.78, 5) is 4.10. The zero-order chi connectivity index (χ0) is 28.1. The average molecular weight is 558 g/mol. The van der Waals surface area contributed by atoms with E-state index >= 15 is 0 Å². The number of nitriles is 1. The van der Waals surface area contributed by atoms with Crippen LogP contribution in [0.5, 0.6) is 11.5 Å². The normalized spacial score (nSPS) is 14.8. The predicted octanol–water partition coefficient (Wildman–Crippen LogP) is 6.53. The van der Waals surface area contributed by atoms with Crippen LogP contribution >= 0.6 is 11.6 Å². The topological polar surface area (TPSA) is 87.4 Å². The van der Waals surface area contributed by atoms with E-state index in [0.717, 1.165) is 40.7 Å². The number of rotatable bonds is 10. The van der Waals surface area contributed by atoms with Crippen LogP contribution in [0.3, 0.4) is 0 Å². The van der Waals surface area contributed by atoms with Crippen LogP contribution in [-0.2, 0) is 19.6 Å². The lowest BCUT2D eigenvalue weighted by atomic mass is 9.96. The highest BCUT2D eigenvalue weighted by Crippen LogP contribution is 2.43. The summed E-state index contributed by atoms with van der Waals surface area (Å²) in [5.41, 5.74) is 5.56. The van der Waals surface area contributed by atoms with Crippen molar-refractivity contribution in [2.45, 2.75) is 45.1 Å². The molecule has 0 fully saturated rings. The molecule has 0 radical (unpaired) electrons. The molecule has 2 atom stereocenters. The van der Waals surface area contributed by atoms with Gasteiger partial charge in [-0.1, -0.05) is 48.0 Å². The number of hydrogen-bond acceptors (Lipinski definition) is 6. The van der Waals surface area contributed by atoms with Gasteiger partial charge in [-0.3, -0.25) is 4.98 Å². The molecule has 0 unspecified atom stereocenters. The zero-order valence-corrected chi connectivity index (χ0v) is 22.8. The van der Waals surface area contributed by atoms with Crippen LogP contribution in [0.4, 0.5) is 4.39 Å². The highest BCUT2D eigenvalue weighted by molar-refractivity contribution is 6.32. The zero-order valence-electron chi connectivity index (χ0n) is 22.0. The lowest BCUT2D eigenvalue weighted by Crippen LogP contribution is -2.28. The average Bonchev–Trinajstić information content (AvgIpc) is 3.39. The van der Waals surface area contributed by atoms with Gasteiger partial charge in [-0.25, -0.2) is 4.39 Å². The molecule has 0 spiro atoms. The summed E-state index contributed by atoms with van der Waals surface area (Å²) in [6.45, 7) is 2.50. The number of aromatic nitrogens is 1. The third kappa shape index (κ3) is 6.10. The third-order valence-corrected chi connectivity index (χ3v) is 7.29. The third-order valence-electron chi connectivity index (χ3n) is 7.00. The van der Waals surface area contributed by atoms with Crippen LogP contribution < -0.4 is 14.8 Å². The molecular weight excluding hydrogens is 529 g/mol. The van der Waals surface area contributed by atoms with Gasteiger partial charge in [0.05, 0.1) is 17.2 Å². The first-order valence-electron chi connectivity index (χ1n) is 13.1. The quantitative estimate of drug-likeness (QED) is 0.230. The SMILES string of the molecule is C[C@H](CO)NCc1cc(Cl)c(O[C@H]2CCc3c(-c4ccccc4F)cccc32)cc1OCc1cncc(C#N)c1. The number of aliphatic hydroxyl groups is 1. The van der Waals surface area contributed by atoms with Crippen molar-refractivity contribution < 1.29 is 19.0 Å². The molecule has 4 aromatic rings. The van der Waals surface area contributed by atoms with E-state index in [1.807, 2.05) is 31.2 Å². The highest BCUT2D eigenvalue weighted by Gasteiger charge is 2.28. The fourth-order valence-corrected chi connectivity index (χ4v) is 5.13. The highest BCUT2D eigenvalue weighted by atomic mass is 35.5. The molecule has 0 saturated heterocycles. The number of pyridine rings is 1. The van der Waals surface area contributed by atoms with E-state index < -0.39 is 0 Å². The number of nitrogens with one attached hydrogen (secondary N) is 1. The van der Waals surface area contributed by atoms with E-state index in [0.29, 0.717) is 34.2 Å². The van der Waals surface area contributed by atoms with Crippen molar-refractivity contribution in [1.29, 1.82) is 5.26 Å². The number of fused-ring (bicyclic) bond motifs is 1. The molecule has 1 heterocycles. The number of aliphatic hydroxyl groups excluding tert-OH is 1. The summed E-state index contributed by atoms with van der Waals surface area (Å²) in [5, 5.41) is 22.3. The van der Waals surface area contributed by atoms with Crippen LogP contribution in [0.15, 0.2) is 73.1 Å². The first-order chi connectivity index (χ1) is 19.5. The number of benzene rings is 3. The summed E-state index contributed by atoms with van der Waals surface area (Å²) >= 11 is 6.71. The Bertz CT molecular complexity index is 1560. The van der Waals surface area contributed by atoms with Crippen molar-refractivity contribution >= 4 is 11.6 Å². The number of ether oxygens (including phenoxy) is 2. The molecular formula is C32H29ClFN3O3. The monoisotopic (exact) mass is 557 g/mol. The Balaban J connectivity index is 1.42. The van der Waals surface area contributed by atoms with Crippen molar-refractivity contribution in [3.63, 3.8) is 0 Å². The second-order valence-corrected chi connectivity index (χ2v) is 10.2. The van der Waals surface area contributed by atoms with Crippen molar-refractivity contribution in [2.75, 3.05) is 6.61 Å². The largest absolute Gasteiger partial charge is 0.488 e. The lowest BCUT2D eigenvalue weighted by Gasteiger charge is -2.20. The predicted molar refractivity (Wildman–Crippen MR) is 152 cm³/mol. The summed E-state index contributed by atoms with van der Waals surface area (Å²) in [7, 11) is 0. The minimum absolute atomic E-state index is 0.00625. The number of nitrogens with zero attached hydrogens (tertiary/aromatic N) is 2. The van der Waals surface area contributed by atoms with Gasteiger partial charge in [-0.05, 0) is 54.7 Å². The second kappa shape index (κ2) is 12.5. The van der Waals surface area contributed by atoms with Gasteiger partial charge in [-0.2, -0.15) is 5.26 Å². The smallest absolute Gasteiger partial charge is 0.142 e. The van der Waals surface area contributed by atoms with Gasteiger partial charge >= 0.3 is 0 Å². The Morgan fingerprint density at radius 1 is 1.12 bits per heavy atom. The van der Waals surface area contributed by atoms with E-state index in [4.69, 9.17) is 21.1 Å². The summed E-state index contributed by atoms with van der Waals surface area (Å²) in [5.74, 6) is 0.798. The fourth-order valence-electron chi connectivity index (χ4n) is 4.90. The molecule has 204 valence electrons. The number of halogens is 2. The summed E-state index contributed by atoms with van der Waals surface area (Å²) in [6.07, 6.45) is 4.40. The minimum atomic E-state index is -0.250. The van der Waals surface area contributed by atoms with E-state index in [1.54, 1.807) is 36.5 Å². The van der Waals surface area contributed by atoms with Gasteiger partial charge in [-0.15, -0.1) is 0 Å². The van der Waals surface area contributed by atoms with Gasteiger partial charge in [0.25, 0.3) is 0 Å². The molecule has 8 heteroatoms. The van der Waals surface area contributed by atoms with Crippen LogP contribution in [0.1, 0.15) is 47.3 Å². The molecule has 1 aliphatic rings. The minimum Gasteiger partial charge on any atom is -0.488 e. The summed E-state index contributed by atoms with van der Waals surface area (Å²) in [6, 6.07) is 20.0. The van der Waals surface area contributed by atoms with Gasteiger partial charge in [0.15, 0.2) is 0 Å². The molecule has 0 amide bonds. The molecule has 3 aromatic carbocycles. The molecule has 1 aliphatic carbocycles. The molecule has 2 N–H and O–H groups in total. The van der Waals surface area contributed by atoms with Crippen molar-refractivity contribution in [3.8, 4) is 28.7 Å². The van der Waals surface area contributed by atoms with E-state index in [2.05, 4.69) is 16.4 Å². The van der Waals surface area contributed by atoms with Crippen molar-refractivity contribution in [3.05, 3.63) is 112 Å². The molecule has 40 heavy (non-hydrogen) atoms. The maximum absolute atomic E-state index is 14.6. The van der Waals surface area contributed by atoms with Crippen LogP contribution in [0.2, 0.25) is 5.02 Å². The van der Waals surface area contributed by atoms with Crippen LogP contribution in [0.25, 0.3) is 11.1 Å². The maximum atomic E-state index is 14.6. The standard InChI is InChI=1S/C32H29ClFN3O3/c1-20(18-38)37-17-23-12-28(33)32(13-31(23)39-19-22-11-21(14-35)15-36-16-22)40-30-10-9-25-24(6-4-7-27(25)30)26-5-2-3-8-29(26)34/h2-8,11-13,15-16,20,30,37-38H,9-10,17-19H2,1H3/t20-,30+/m1/s1. The van der Waals surface area contributed by atoms with Gasteiger partial charge < -0.3 is 19.9 Å². The molecule has 6 nitrogen and oxygen atoms in total. The Morgan fingerprint density at radius 2 is 1.95 bits per heavy atom. The second-order valence-electron chi connectivity index (χ2n) is 9.84. The van der Waals surface area contributed by atoms with Crippen LogP contribution in [0, 0.1) is 17.1 Å². The van der Waals surface area contributed by atoms with E-state index in [9.17, 15) is 14.8 Å². The molecule has 0 bridgehead atoms.